The number of rotatable bonds is 3. The molecule has 2 atom stereocenters. The van der Waals surface area contributed by atoms with Gasteiger partial charge < -0.3 is 9.64 Å². The Bertz CT molecular complexity index is 416. The van der Waals surface area contributed by atoms with Gasteiger partial charge in [-0.3, -0.25) is 0 Å². The van der Waals surface area contributed by atoms with Crippen LogP contribution in [0, 0.1) is 12.3 Å². The number of aryl methyl sites for hydroxylation is 1. The van der Waals surface area contributed by atoms with Crippen LogP contribution in [0.4, 0.5) is 5.13 Å². The minimum atomic E-state index is 0.406. The van der Waals surface area contributed by atoms with E-state index in [1.54, 1.807) is 0 Å². The molecule has 94 valence electrons. The molecule has 4 nitrogen and oxygen atoms in total. The summed E-state index contributed by atoms with van der Waals surface area (Å²) in [5.74, 6) is 0.877. The second-order valence-electron chi connectivity index (χ2n) is 5.30. The van der Waals surface area contributed by atoms with E-state index in [2.05, 4.69) is 21.3 Å². The summed E-state index contributed by atoms with van der Waals surface area (Å²) >= 11 is 1.50. The summed E-state index contributed by atoms with van der Waals surface area (Å²) in [6, 6.07) is 0.591. The smallest absolute Gasteiger partial charge is 0.205 e. The maximum atomic E-state index is 5.61. The molecule has 2 fully saturated rings. The van der Waals surface area contributed by atoms with Crippen molar-refractivity contribution in [2.45, 2.75) is 44.8 Å². The van der Waals surface area contributed by atoms with Gasteiger partial charge in [-0.2, -0.15) is 4.37 Å². The number of hydrogen-bond donors (Lipinski definition) is 0. The normalized spacial score (nSPS) is 29.8. The van der Waals surface area contributed by atoms with Gasteiger partial charge >= 0.3 is 0 Å². The molecule has 1 aromatic heterocycles. The summed E-state index contributed by atoms with van der Waals surface area (Å²) < 4.78 is 9.87. The van der Waals surface area contributed by atoms with Gasteiger partial charge in [0.1, 0.15) is 5.82 Å². The number of nitrogens with zero attached hydrogens (tertiary/aromatic N) is 3. The topological polar surface area (TPSA) is 38.2 Å². The molecule has 0 aliphatic heterocycles. The van der Waals surface area contributed by atoms with E-state index in [1.807, 2.05) is 14.0 Å². The molecule has 1 heterocycles. The molecule has 0 N–H and O–H groups in total. The summed E-state index contributed by atoms with van der Waals surface area (Å²) in [5.41, 5.74) is 0.406. The first-order chi connectivity index (χ1) is 8.17. The van der Waals surface area contributed by atoms with Crippen molar-refractivity contribution in [3.8, 4) is 0 Å². The number of aromatic nitrogens is 2. The number of anilines is 1. The van der Waals surface area contributed by atoms with E-state index in [9.17, 15) is 0 Å². The summed E-state index contributed by atoms with van der Waals surface area (Å²) in [6.07, 6.45) is 5.54. The van der Waals surface area contributed by atoms with Crippen LogP contribution in [-0.2, 0) is 4.74 Å². The zero-order valence-electron chi connectivity index (χ0n) is 10.6. The first-order valence-corrected chi connectivity index (χ1v) is 7.00. The van der Waals surface area contributed by atoms with E-state index in [0.29, 0.717) is 17.6 Å². The van der Waals surface area contributed by atoms with Crippen LogP contribution >= 0.6 is 11.5 Å². The molecular weight excluding hydrogens is 234 g/mol. The van der Waals surface area contributed by atoms with Gasteiger partial charge in [0.2, 0.25) is 5.13 Å². The largest absolute Gasteiger partial charge is 0.381 e. The van der Waals surface area contributed by atoms with Crippen LogP contribution in [0.5, 0.6) is 0 Å². The van der Waals surface area contributed by atoms with Crippen molar-refractivity contribution in [2.75, 3.05) is 19.1 Å². The fourth-order valence-electron chi connectivity index (χ4n) is 3.40. The molecule has 0 unspecified atom stereocenters. The van der Waals surface area contributed by atoms with Gasteiger partial charge in [0.15, 0.2) is 0 Å². The number of hydrogen-bond acceptors (Lipinski definition) is 5. The molecule has 17 heavy (non-hydrogen) atoms. The van der Waals surface area contributed by atoms with Crippen molar-refractivity contribution in [1.82, 2.24) is 9.36 Å². The van der Waals surface area contributed by atoms with E-state index in [0.717, 1.165) is 17.4 Å². The second-order valence-corrected chi connectivity index (χ2v) is 6.03. The Balaban J connectivity index is 1.77. The standard InChI is InChI=1S/C12H19N3OS/c1-8-13-11(17-14-8)15(2)9-7-10(16-3)12(9)5-4-6-12/h9-10H,4-7H2,1-3H3/t9-,10+/m1/s1. The predicted octanol–water partition coefficient (Wildman–Crippen LogP) is 2.24. The average molecular weight is 253 g/mol. The van der Waals surface area contributed by atoms with Crippen LogP contribution in [0.1, 0.15) is 31.5 Å². The zero-order valence-corrected chi connectivity index (χ0v) is 11.5. The first kappa shape index (κ1) is 11.4. The SMILES string of the molecule is CO[C@H]1C[C@@H](N(C)c2nc(C)ns2)C12CCC2. The Morgan fingerprint density at radius 3 is 2.71 bits per heavy atom. The lowest BCUT2D eigenvalue weighted by molar-refractivity contribution is -0.152. The van der Waals surface area contributed by atoms with E-state index < -0.39 is 0 Å². The highest BCUT2D eigenvalue weighted by Gasteiger charge is 2.60. The minimum Gasteiger partial charge on any atom is -0.381 e. The third kappa shape index (κ3) is 1.52. The first-order valence-electron chi connectivity index (χ1n) is 6.23. The maximum Gasteiger partial charge on any atom is 0.205 e. The van der Waals surface area contributed by atoms with Gasteiger partial charge in [-0.05, 0) is 26.2 Å². The molecule has 1 spiro atoms. The van der Waals surface area contributed by atoms with Crippen molar-refractivity contribution in [3.05, 3.63) is 5.82 Å². The van der Waals surface area contributed by atoms with Crippen LogP contribution in [0.25, 0.3) is 0 Å². The Hall–Kier alpha value is -0.680. The molecule has 2 aliphatic rings. The molecule has 0 saturated heterocycles. The highest BCUT2D eigenvalue weighted by Crippen LogP contribution is 2.59. The summed E-state index contributed by atoms with van der Waals surface area (Å²) in [4.78, 5) is 6.80. The average Bonchev–Trinajstić information content (AvgIpc) is 2.61. The Morgan fingerprint density at radius 2 is 2.24 bits per heavy atom. The summed E-state index contributed by atoms with van der Waals surface area (Å²) in [5, 5.41) is 1.05. The monoisotopic (exact) mass is 253 g/mol. The Labute approximate surface area is 106 Å². The van der Waals surface area contributed by atoms with Gasteiger partial charge in [-0.25, -0.2) is 4.98 Å². The summed E-state index contributed by atoms with van der Waals surface area (Å²) in [6.45, 7) is 1.95. The van der Waals surface area contributed by atoms with E-state index in [1.165, 1.54) is 30.8 Å². The van der Waals surface area contributed by atoms with Crippen LogP contribution in [0.15, 0.2) is 0 Å². The van der Waals surface area contributed by atoms with Gasteiger partial charge in [0, 0.05) is 37.1 Å². The lowest BCUT2D eigenvalue weighted by Crippen LogP contribution is -2.67. The quantitative estimate of drug-likeness (QED) is 0.828. The Kier molecular flexibility index (Phi) is 2.63. The fourth-order valence-corrected chi connectivity index (χ4v) is 4.09. The molecule has 1 aromatic rings. The van der Waals surface area contributed by atoms with Crippen molar-refractivity contribution < 1.29 is 4.74 Å². The lowest BCUT2D eigenvalue weighted by atomic mass is 9.50. The molecule has 0 amide bonds. The molecule has 0 radical (unpaired) electrons. The van der Waals surface area contributed by atoms with Crippen LogP contribution in [-0.4, -0.2) is 35.7 Å². The molecule has 2 saturated carbocycles. The molecule has 2 aliphatic carbocycles. The van der Waals surface area contributed by atoms with Crippen molar-refractivity contribution >= 4 is 16.7 Å². The van der Waals surface area contributed by atoms with Gasteiger partial charge in [-0.1, -0.05) is 6.42 Å². The van der Waals surface area contributed by atoms with E-state index >= 15 is 0 Å². The highest BCUT2D eigenvalue weighted by molar-refractivity contribution is 7.09. The van der Waals surface area contributed by atoms with E-state index in [-0.39, 0.29) is 0 Å². The maximum absolute atomic E-state index is 5.61. The molecule has 0 aromatic carbocycles. The van der Waals surface area contributed by atoms with E-state index in [4.69, 9.17) is 4.74 Å². The van der Waals surface area contributed by atoms with Crippen molar-refractivity contribution in [1.29, 1.82) is 0 Å². The van der Waals surface area contributed by atoms with Gasteiger partial charge in [0.25, 0.3) is 0 Å². The molecular formula is C12H19N3OS. The lowest BCUT2D eigenvalue weighted by Gasteiger charge is -2.62. The minimum absolute atomic E-state index is 0.406. The van der Waals surface area contributed by atoms with Crippen LogP contribution in [0.3, 0.4) is 0 Å². The van der Waals surface area contributed by atoms with Crippen molar-refractivity contribution in [3.63, 3.8) is 0 Å². The predicted molar refractivity (Wildman–Crippen MR) is 68.5 cm³/mol. The molecule has 0 bridgehead atoms. The highest BCUT2D eigenvalue weighted by atomic mass is 32.1. The summed E-state index contributed by atoms with van der Waals surface area (Å²) in [7, 11) is 3.99. The Morgan fingerprint density at radius 1 is 1.47 bits per heavy atom. The number of ether oxygens (including phenoxy) is 1. The fraction of sp³-hybridized carbons (Fsp3) is 0.833. The zero-order chi connectivity index (χ0) is 12.0. The van der Waals surface area contributed by atoms with Crippen LogP contribution in [0.2, 0.25) is 0 Å². The van der Waals surface area contributed by atoms with Crippen molar-refractivity contribution in [2.24, 2.45) is 5.41 Å². The van der Waals surface area contributed by atoms with Gasteiger partial charge in [-0.15, -0.1) is 0 Å². The molecule has 3 rings (SSSR count). The van der Waals surface area contributed by atoms with Crippen LogP contribution < -0.4 is 4.90 Å². The second kappa shape index (κ2) is 3.92. The van der Waals surface area contributed by atoms with Gasteiger partial charge in [0.05, 0.1) is 6.10 Å². The number of methoxy groups -OCH3 is 1. The molecule has 5 heteroatoms. The third-order valence-corrected chi connectivity index (χ3v) is 5.50. The third-order valence-electron chi connectivity index (χ3n) is 4.60.